The lowest BCUT2D eigenvalue weighted by Crippen LogP contribution is -2.04. The van der Waals surface area contributed by atoms with Gasteiger partial charge in [0.25, 0.3) is 0 Å². The molecule has 2 rings (SSSR count). The molecule has 0 atom stereocenters. The maximum atomic E-state index is 10.5. The molecule has 1 heterocycles. The maximum Gasteiger partial charge on any atom is 0.303 e. The molecule has 18 heavy (non-hydrogen) atoms. The molecular formula is C13H15N3O2. The summed E-state index contributed by atoms with van der Waals surface area (Å²) in [4.78, 5) is 10.5. The van der Waals surface area contributed by atoms with Gasteiger partial charge in [-0.05, 0) is 18.6 Å². The molecule has 1 aromatic heterocycles. The number of carbonyl (C=O) groups is 1. The molecule has 5 nitrogen and oxygen atoms in total. The van der Waals surface area contributed by atoms with Gasteiger partial charge in [0.1, 0.15) is 5.82 Å². The quantitative estimate of drug-likeness (QED) is 0.860. The van der Waals surface area contributed by atoms with Crippen LogP contribution in [0.3, 0.4) is 0 Å². The first-order chi connectivity index (χ1) is 8.58. The van der Waals surface area contributed by atoms with Crippen LogP contribution in [0.2, 0.25) is 0 Å². The second-order valence-electron chi connectivity index (χ2n) is 4.15. The van der Waals surface area contributed by atoms with Crippen molar-refractivity contribution in [3.05, 3.63) is 41.6 Å². The average Bonchev–Trinajstić information content (AvgIpc) is 2.69. The summed E-state index contributed by atoms with van der Waals surface area (Å²) in [6, 6.07) is 9.49. The fourth-order valence-electron chi connectivity index (χ4n) is 1.80. The number of aromatic nitrogens is 2. The van der Waals surface area contributed by atoms with Crippen LogP contribution in [0, 0.1) is 6.92 Å². The van der Waals surface area contributed by atoms with Crippen molar-refractivity contribution in [1.82, 2.24) is 9.78 Å². The molecule has 0 fully saturated rings. The first-order valence-corrected chi connectivity index (χ1v) is 5.70. The van der Waals surface area contributed by atoms with Crippen molar-refractivity contribution >= 4 is 11.8 Å². The number of nitrogens with zero attached hydrogens (tertiary/aromatic N) is 2. The number of aliphatic carboxylic acids is 1. The maximum absolute atomic E-state index is 10.5. The van der Waals surface area contributed by atoms with Crippen LogP contribution >= 0.6 is 0 Å². The van der Waals surface area contributed by atoms with Crippen LogP contribution in [0.1, 0.15) is 17.7 Å². The fourth-order valence-corrected chi connectivity index (χ4v) is 1.80. The number of para-hydroxylation sites is 1. The van der Waals surface area contributed by atoms with Gasteiger partial charge in [-0.3, -0.25) is 4.79 Å². The number of nitrogen functional groups attached to an aromatic ring is 1. The van der Waals surface area contributed by atoms with Crippen molar-refractivity contribution in [3.63, 3.8) is 0 Å². The molecule has 0 spiro atoms. The predicted octanol–water partition coefficient (Wildman–Crippen LogP) is 1.78. The molecule has 5 heteroatoms. The van der Waals surface area contributed by atoms with E-state index in [1.165, 1.54) is 0 Å². The van der Waals surface area contributed by atoms with E-state index in [2.05, 4.69) is 5.10 Å². The lowest BCUT2D eigenvalue weighted by molar-refractivity contribution is -0.136. The van der Waals surface area contributed by atoms with Crippen LogP contribution in [0.5, 0.6) is 0 Å². The molecule has 0 unspecified atom stereocenters. The van der Waals surface area contributed by atoms with Gasteiger partial charge in [-0.2, -0.15) is 5.10 Å². The summed E-state index contributed by atoms with van der Waals surface area (Å²) >= 11 is 0. The Labute approximate surface area is 105 Å². The van der Waals surface area contributed by atoms with Gasteiger partial charge in [0.15, 0.2) is 0 Å². The second-order valence-corrected chi connectivity index (χ2v) is 4.15. The van der Waals surface area contributed by atoms with Gasteiger partial charge in [0.2, 0.25) is 0 Å². The lowest BCUT2D eigenvalue weighted by Gasteiger charge is -2.06. The first kappa shape index (κ1) is 12.2. The molecule has 0 aliphatic heterocycles. The van der Waals surface area contributed by atoms with E-state index in [0.29, 0.717) is 17.9 Å². The number of benzene rings is 1. The van der Waals surface area contributed by atoms with Crippen molar-refractivity contribution in [1.29, 1.82) is 0 Å². The third kappa shape index (κ3) is 2.51. The summed E-state index contributed by atoms with van der Waals surface area (Å²) in [5, 5.41) is 13.0. The van der Waals surface area contributed by atoms with E-state index < -0.39 is 5.97 Å². The molecular weight excluding hydrogens is 230 g/mol. The highest BCUT2D eigenvalue weighted by molar-refractivity contribution is 5.67. The van der Waals surface area contributed by atoms with E-state index in [0.717, 1.165) is 11.3 Å². The minimum atomic E-state index is -0.834. The normalized spacial score (nSPS) is 10.5. The Kier molecular flexibility index (Phi) is 3.32. The topological polar surface area (TPSA) is 81.1 Å². The molecule has 0 saturated carbocycles. The Balaban J connectivity index is 2.30. The summed E-state index contributed by atoms with van der Waals surface area (Å²) in [5.41, 5.74) is 8.57. The molecule has 0 aliphatic rings. The minimum Gasteiger partial charge on any atom is -0.481 e. The number of anilines is 1. The van der Waals surface area contributed by atoms with Gasteiger partial charge in [-0.25, -0.2) is 4.68 Å². The number of nitrogens with two attached hydrogens (primary N) is 1. The SMILES string of the molecule is Cc1ccccc1-n1nc(CCC(=O)O)cc1N. The van der Waals surface area contributed by atoms with Crippen LogP contribution in [0.4, 0.5) is 5.82 Å². The summed E-state index contributed by atoms with van der Waals surface area (Å²) in [7, 11) is 0. The highest BCUT2D eigenvalue weighted by Crippen LogP contribution is 2.18. The van der Waals surface area contributed by atoms with Crippen molar-refractivity contribution in [3.8, 4) is 5.69 Å². The molecule has 0 radical (unpaired) electrons. The van der Waals surface area contributed by atoms with Gasteiger partial charge in [-0.15, -0.1) is 0 Å². The van der Waals surface area contributed by atoms with E-state index >= 15 is 0 Å². The van der Waals surface area contributed by atoms with E-state index in [4.69, 9.17) is 10.8 Å². The smallest absolute Gasteiger partial charge is 0.303 e. The third-order valence-corrected chi connectivity index (χ3v) is 2.73. The van der Waals surface area contributed by atoms with Gasteiger partial charge in [0.05, 0.1) is 17.8 Å². The minimum absolute atomic E-state index is 0.0597. The largest absolute Gasteiger partial charge is 0.481 e. The van der Waals surface area contributed by atoms with Gasteiger partial charge >= 0.3 is 5.97 Å². The number of carboxylic acids is 1. The Morgan fingerprint density at radius 2 is 2.17 bits per heavy atom. The van der Waals surface area contributed by atoms with Gasteiger partial charge < -0.3 is 10.8 Å². The second kappa shape index (κ2) is 4.91. The monoisotopic (exact) mass is 245 g/mol. The molecule has 0 bridgehead atoms. The lowest BCUT2D eigenvalue weighted by atomic mass is 10.2. The van der Waals surface area contributed by atoms with Crippen LogP contribution in [0.25, 0.3) is 5.69 Å². The summed E-state index contributed by atoms with van der Waals surface area (Å²) < 4.78 is 1.65. The zero-order chi connectivity index (χ0) is 13.1. The molecule has 94 valence electrons. The summed E-state index contributed by atoms with van der Waals surface area (Å²) in [5.74, 6) is -0.316. The molecule has 1 aromatic carbocycles. The van der Waals surface area contributed by atoms with Crippen molar-refractivity contribution < 1.29 is 9.90 Å². The Bertz CT molecular complexity index is 575. The number of hydrogen-bond donors (Lipinski definition) is 2. The highest BCUT2D eigenvalue weighted by Gasteiger charge is 2.09. The van der Waals surface area contributed by atoms with Crippen LogP contribution in [-0.4, -0.2) is 20.9 Å². The highest BCUT2D eigenvalue weighted by atomic mass is 16.4. The van der Waals surface area contributed by atoms with E-state index in [9.17, 15) is 4.79 Å². The van der Waals surface area contributed by atoms with Crippen LogP contribution < -0.4 is 5.73 Å². The number of rotatable bonds is 4. The zero-order valence-corrected chi connectivity index (χ0v) is 10.1. The van der Waals surface area contributed by atoms with Crippen molar-refractivity contribution in [2.75, 3.05) is 5.73 Å². The van der Waals surface area contributed by atoms with E-state index in [1.54, 1.807) is 10.7 Å². The number of aryl methyl sites for hydroxylation is 2. The third-order valence-electron chi connectivity index (χ3n) is 2.73. The van der Waals surface area contributed by atoms with Gasteiger partial charge in [-0.1, -0.05) is 18.2 Å². The summed E-state index contributed by atoms with van der Waals surface area (Å²) in [6.45, 7) is 1.98. The predicted molar refractivity (Wildman–Crippen MR) is 68.7 cm³/mol. The standard InChI is InChI=1S/C13H15N3O2/c1-9-4-2-3-5-11(9)16-12(14)8-10(15-16)6-7-13(17)18/h2-5,8H,6-7,14H2,1H3,(H,17,18). The van der Waals surface area contributed by atoms with Crippen LogP contribution in [-0.2, 0) is 11.2 Å². The molecule has 2 aromatic rings. The van der Waals surface area contributed by atoms with Crippen molar-refractivity contribution in [2.45, 2.75) is 19.8 Å². The number of hydrogen-bond acceptors (Lipinski definition) is 3. The first-order valence-electron chi connectivity index (χ1n) is 5.70. The molecule has 3 N–H and O–H groups in total. The van der Waals surface area contributed by atoms with E-state index in [-0.39, 0.29) is 6.42 Å². The van der Waals surface area contributed by atoms with E-state index in [1.807, 2.05) is 31.2 Å². The van der Waals surface area contributed by atoms with Crippen LogP contribution in [0.15, 0.2) is 30.3 Å². The molecule has 0 aliphatic carbocycles. The fraction of sp³-hybridized carbons (Fsp3) is 0.231. The zero-order valence-electron chi connectivity index (χ0n) is 10.1. The molecule has 0 saturated heterocycles. The Morgan fingerprint density at radius 1 is 1.44 bits per heavy atom. The van der Waals surface area contributed by atoms with Crippen molar-refractivity contribution in [2.24, 2.45) is 0 Å². The summed E-state index contributed by atoms with van der Waals surface area (Å²) in [6.07, 6.45) is 0.447. The number of carboxylic acid groups (broad SMARTS) is 1. The Hall–Kier alpha value is -2.30. The average molecular weight is 245 g/mol. The Morgan fingerprint density at radius 3 is 2.83 bits per heavy atom. The molecule has 0 amide bonds. The van der Waals surface area contributed by atoms with Gasteiger partial charge in [0, 0.05) is 12.5 Å².